The highest BCUT2D eigenvalue weighted by atomic mass is 16.8. The van der Waals surface area contributed by atoms with Gasteiger partial charge in [-0.15, -0.1) is 0 Å². The van der Waals surface area contributed by atoms with Crippen LogP contribution in [0.3, 0.4) is 0 Å². The lowest BCUT2D eigenvalue weighted by Crippen LogP contribution is -2.68. The number of hydrogen-bond donors (Lipinski definition) is 13. The number of hydrogen-bond acceptors (Lipinski definition) is 22. The van der Waals surface area contributed by atoms with Crippen LogP contribution in [0, 0.1) is 50.2 Å². The Kier molecular flexibility index (Phi) is 16.2. The minimum Gasteiger partial charge on any atom is -0.479 e. The topological polar surface area (TPSA) is 371 Å². The van der Waals surface area contributed by atoms with E-state index in [0.29, 0.717) is 38.5 Å². The van der Waals surface area contributed by atoms with Crippen LogP contribution in [0.25, 0.3) is 0 Å². The largest absolute Gasteiger partial charge is 0.479 e. The molecule has 0 spiro atoms. The second-order valence-electron chi connectivity index (χ2n) is 25.8. The Morgan fingerprint density at radius 2 is 1.09 bits per heavy atom. The zero-order valence-electron chi connectivity index (χ0n) is 44.4. The van der Waals surface area contributed by atoms with Crippen LogP contribution in [0.15, 0.2) is 11.6 Å². The molecule has 23 heteroatoms. The second-order valence-corrected chi connectivity index (χ2v) is 25.8. The number of aliphatic hydroxyl groups is 12. The average Bonchev–Trinajstić information content (AvgIpc) is 3.64. The van der Waals surface area contributed by atoms with Crippen molar-refractivity contribution in [3.63, 3.8) is 0 Å². The van der Waals surface area contributed by atoms with Gasteiger partial charge < -0.3 is 104 Å². The first-order valence-electron chi connectivity index (χ1n) is 27.2. The molecule has 27 atom stereocenters. The summed E-state index contributed by atoms with van der Waals surface area (Å²) in [6.07, 6.45) is -24.4. The molecule has 0 bridgehead atoms. The molecule has 76 heavy (non-hydrogen) atoms. The van der Waals surface area contributed by atoms with Gasteiger partial charge in [-0.2, -0.15) is 0 Å². The molecule has 0 aromatic heterocycles. The summed E-state index contributed by atoms with van der Waals surface area (Å²) >= 11 is 0. The Labute approximate surface area is 442 Å². The fourth-order valence-corrected chi connectivity index (χ4v) is 16.3. The third-order valence-electron chi connectivity index (χ3n) is 21.0. The summed E-state index contributed by atoms with van der Waals surface area (Å²) in [5.41, 5.74) is -1.40. The molecule has 4 aliphatic heterocycles. The number of ether oxygens (including phenoxy) is 8. The van der Waals surface area contributed by atoms with E-state index < -0.39 is 165 Å². The standard InChI is InChI=1S/C53H84O23/c1-48(2)14-16-53(47(68)76-45-37(64)34(61)31(58)25(20-55)71-45)17-15-51(6)22(23(53)18-48)8-9-28-50(5)12-11-29(49(3,4)27(50)10-13-52(28,51)7)72-46-40(74-44-36(63)33(60)30(57)24(19-54)69-44)38(65)39(41(75-46)42(66)67)73-43-35(62)32(59)26(21-56)70-43/h8,23-41,43-46,54-65H,9-21H2,1-7H3,(H,66,67)/t23-,24+,25+,26-,27-,28+,29-,30+,31+,32-,33-,34-,35+,36+,37+,38-,39-,40+,41-,43-,44-,45-,46+,50-,51+,52+,53-/m0/s1. The number of carbonyl (C=O) groups excluding carboxylic acids is 1. The Hall–Kier alpha value is -2.08. The molecule has 13 N–H and O–H groups in total. The third kappa shape index (κ3) is 9.33. The summed E-state index contributed by atoms with van der Waals surface area (Å²) < 4.78 is 47.8. The van der Waals surface area contributed by atoms with Crippen LogP contribution in [0.4, 0.5) is 0 Å². The van der Waals surface area contributed by atoms with E-state index in [1.54, 1.807) is 0 Å². The molecule has 5 aliphatic carbocycles. The number of aliphatic carboxylic acids is 1. The van der Waals surface area contributed by atoms with E-state index in [1.807, 2.05) is 0 Å². The van der Waals surface area contributed by atoms with Crippen molar-refractivity contribution < 1.29 is 114 Å². The zero-order valence-corrected chi connectivity index (χ0v) is 44.4. The number of carboxylic acids is 1. The fourth-order valence-electron chi connectivity index (χ4n) is 16.3. The Balaban J connectivity index is 0.983. The summed E-state index contributed by atoms with van der Waals surface area (Å²) in [6, 6.07) is 0. The van der Waals surface area contributed by atoms with Gasteiger partial charge in [-0.25, -0.2) is 4.79 Å². The number of carbonyl (C=O) groups is 2. The molecule has 4 saturated heterocycles. The highest BCUT2D eigenvalue weighted by molar-refractivity contribution is 5.79. The molecule has 9 aliphatic rings. The number of esters is 1. The molecule has 8 fully saturated rings. The van der Waals surface area contributed by atoms with Gasteiger partial charge in [0.05, 0.1) is 31.3 Å². The Morgan fingerprint density at radius 3 is 1.67 bits per heavy atom. The van der Waals surface area contributed by atoms with Crippen LogP contribution < -0.4 is 0 Å². The van der Waals surface area contributed by atoms with E-state index in [0.717, 1.165) is 25.7 Å². The van der Waals surface area contributed by atoms with E-state index in [4.69, 9.17) is 37.9 Å². The van der Waals surface area contributed by atoms with Gasteiger partial charge in [0.2, 0.25) is 6.29 Å². The Bertz CT molecular complexity index is 2140. The van der Waals surface area contributed by atoms with Gasteiger partial charge in [0, 0.05) is 0 Å². The number of rotatable bonds is 12. The van der Waals surface area contributed by atoms with E-state index in [-0.39, 0.29) is 39.4 Å². The third-order valence-corrected chi connectivity index (χ3v) is 21.0. The van der Waals surface area contributed by atoms with Crippen LogP contribution in [-0.2, 0) is 47.5 Å². The molecule has 434 valence electrons. The van der Waals surface area contributed by atoms with Crippen LogP contribution in [0.1, 0.15) is 113 Å². The summed E-state index contributed by atoms with van der Waals surface area (Å²) in [5, 5.41) is 138. The molecule has 0 aromatic carbocycles. The van der Waals surface area contributed by atoms with E-state index in [1.165, 1.54) is 5.57 Å². The normalized spacial score (nSPS) is 52.8. The van der Waals surface area contributed by atoms with Gasteiger partial charge in [0.15, 0.2) is 25.0 Å². The maximum Gasteiger partial charge on any atom is 0.335 e. The van der Waals surface area contributed by atoms with Crippen molar-refractivity contribution in [2.24, 2.45) is 50.2 Å². The monoisotopic (exact) mass is 1090 g/mol. The summed E-state index contributed by atoms with van der Waals surface area (Å²) in [4.78, 5) is 27.8. The molecule has 23 nitrogen and oxygen atoms in total. The van der Waals surface area contributed by atoms with Crippen molar-refractivity contribution in [1.29, 1.82) is 0 Å². The fraction of sp³-hybridized carbons (Fsp3) is 0.925. The lowest BCUT2D eigenvalue weighted by molar-refractivity contribution is -0.383. The Morgan fingerprint density at radius 1 is 0.566 bits per heavy atom. The van der Waals surface area contributed by atoms with Gasteiger partial charge in [-0.3, -0.25) is 4.79 Å². The molecule has 0 unspecified atom stereocenters. The minimum atomic E-state index is -2.02. The van der Waals surface area contributed by atoms with Crippen molar-refractivity contribution in [1.82, 2.24) is 0 Å². The first kappa shape index (κ1) is 58.6. The maximum atomic E-state index is 14.8. The number of allylic oxidation sites excluding steroid dienone is 2. The summed E-state index contributed by atoms with van der Waals surface area (Å²) in [7, 11) is 0. The van der Waals surface area contributed by atoms with Gasteiger partial charge in [-0.1, -0.05) is 60.1 Å². The second kappa shape index (κ2) is 21.0. The number of carboxylic acid groups (broad SMARTS) is 1. The van der Waals surface area contributed by atoms with Crippen molar-refractivity contribution in [3.05, 3.63) is 11.6 Å². The lowest BCUT2D eigenvalue weighted by atomic mass is 9.33. The maximum absolute atomic E-state index is 14.8. The molecule has 4 saturated carbocycles. The van der Waals surface area contributed by atoms with E-state index in [9.17, 15) is 76.0 Å². The summed E-state index contributed by atoms with van der Waals surface area (Å²) in [5.74, 6) is -2.19. The molecule has 0 aromatic rings. The zero-order chi connectivity index (χ0) is 55.6. The molecular formula is C53H84O23. The highest BCUT2D eigenvalue weighted by Gasteiger charge is 2.70. The van der Waals surface area contributed by atoms with Crippen molar-refractivity contribution in [2.45, 2.75) is 235 Å². The van der Waals surface area contributed by atoms with Gasteiger partial charge >= 0.3 is 11.9 Å². The van der Waals surface area contributed by atoms with Crippen LogP contribution >= 0.6 is 0 Å². The SMILES string of the molecule is CC1(C)CC[C@]2(C(=O)O[C@@H]3O[C@H](CO)[C@@H](O)[C@H](O)[C@H]3O)CC[C@]3(C)C(=CC[C@@H]4[C@@]5(C)CC[C@H](O[C@@H]6O[C@H](C(=O)O)[C@@H](O[C@@H]7O[C@@H](CO)[C@H](O)[C@H]7O)[C@H](O)[C@H]6O[C@@H]6O[C@H](CO)[C@@H](O)[C@H](O)[C@H]6O)C(C)(C)[C@@H]5CC[C@]43C)[C@@H]2C1. The molecule has 0 radical (unpaired) electrons. The van der Waals surface area contributed by atoms with Crippen LogP contribution in [0.2, 0.25) is 0 Å². The van der Waals surface area contributed by atoms with Gasteiger partial charge in [0.1, 0.15) is 85.5 Å². The first-order valence-corrected chi connectivity index (χ1v) is 27.2. The molecule has 9 rings (SSSR count). The van der Waals surface area contributed by atoms with Crippen LogP contribution in [0.5, 0.6) is 0 Å². The quantitative estimate of drug-likeness (QED) is 0.0613. The number of aliphatic hydroxyl groups excluding tert-OH is 12. The smallest absolute Gasteiger partial charge is 0.335 e. The predicted octanol–water partition coefficient (Wildman–Crippen LogP) is -1.30. The van der Waals surface area contributed by atoms with E-state index >= 15 is 0 Å². The minimum absolute atomic E-state index is 0.0109. The molecule has 4 heterocycles. The van der Waals surface area contributed by atoms with Crippen molar-refractivity contribution in [3.8, 4) is 0 Å². The van der Waals surface area contributed by atoms with Gasteiger partial charge in [0.25, 0.3) is 0 Å². The molecule has 0 amide bonds. The first-order chi connectivity index (χ1) is 35.5. The van der Waals surface area contributed by atoms with Gasteiger partial charge in [-0.05, 0) is 109 Å². The number of fused-ring (bicyclic) bond motifs is 7. The lowest BCUT2D eigenvalue weighted by Gasteiger charge is -2.71. The van der Waals surface area contributed by atoms with Crippen LogP contribution in [-0.4, -0.2) is 221 Å². The highest BCUT2D eigenvalue weighted by Crippen LogP contribution is 2.76. The average molecular weight is 1090 g/mol. The molecular weight excluding hydrogens is 1000 g/mol. The summed E-state index contributed by atoms with van der Waals surface area (Å²) in [6.45, 7) is 13.5. The van der Waals surface area contributed by atoms with Crippen molar-refractivity contribution in [2.75, 3.05) is 19.8 Å². The predicted molar refractivity (Wildman–Crippen MR) is 257 cm³/mol. The van der Waals surface area contributed by atoms with E-state index in [2.05, 4.69) is 54.5 Å². The van der Waals surface area contributed by atoms with Crippen molar-refractivity contribution >= 4 is 11.9 Å².